The summed E-state index contributed by atoms with van der Waals surface area (Å²) in [5, 5.41) is 0. The SMILES string of the molecule is C=Cc1ccccc1.CCC=C1CC1. The fraction of sp³-hybridized carbons (Fsp3) is 0.286. The average molecular weight is 186 g/mol. The van der Waals surface area contributed by atoms with E-state index >= 15 is 0 Å². The number of hydrogen-bond acceptors (Lipinski definition) is 0. The van der Waals surface area contributed by atoms with Crippen LogP contribution >= 0.6 is 0 Å². The largest absolute Gasteiger partial charge is 0.0985 e. The van der Waals surface area contributed by atoms with Crippen LogP contribution in [-0.2, 0) is 0 Å². The van der Waals surface area contributed by atoms with Gasteiger partial charge in [-0.2, -0.15) is 0 Å². The van der Waals surface area contributed by atoms with Gasteiger partial charge in [0.05, 0.1) is 0 Å². The number of benzene rings is 1. The molecule has 0 bridgehead atoms. The van der Waals surface area contributed by atoms with E-state index in [0.29, 0.717) is 0 Å². The van der Waals surface area contributed by atoms with Crippen molar-refractivity contribution in [1.82, 2.24) is 0 Å². The molecule has 1 aliphatic carbocycles. The molecule has 0 heteroatoms. The highest BCUT2D eigenvalue weighted by molar-refractivity contribution is 5.45. The third-order valence-corrected chi connectivity index (χ3v) is 2.07. The second-order valence-corrected chi connectivity index (χ2v) is 3.39. The second-order valence-electron chi connectivity index (χ2n) is 3.39. The van der Waals surface area contributed by atoms with Crippen LogP contribution in [0.4, 0.5) is 0 Å². The summed E-state index contributed by atoms with van der Waals surface area (Å²) >= 11 is 0. The highest BCUT2D eigenvalue weighted by Gasteiger charge is 2.07. The first kappa shape index (κ1) is 10.8. The Morgan fingerprint density at radius 1 is 1.21 bits per heavy atom. The summed E-state index contributed by atoms with van der Waals surface area (Å²) in [5.74, 6) is 0. The lowest BCUT2D eigenvalue weighted by Crippen LogP contribution is -1.63. The van der Waals surface area contributed by atoms with Gasteiger partial charge in [-0.25, -0.2) is 0 Å². The molecule has 0 atom stereocenters. The van der Waals surface area contributed by atoms with E-state index in [0.717, 1.165) is 0 Å². The monoisotopic (exact) mass is 186 g/mol. The normalized spacial score (nSPS) is 12.5. The highest BCUT2D eigenvalue weighted by Crippen LogP contribution is 2.27. The van der Waals surface area contributed by atoms with Gasteiger partial charge in [0.15, 0.2) is 0 Å². The van der Waals surface area contributed by atoms with Crippen molar-refractivity contribution in [3.8, 4) is 0 Å². The van der Waals surface area contributed by atoms with Crippen LogP contribution in [0.2, 0.25) is 0 Å². The first-order valence-corrected chi connectivity index (χ1v) is 5.22. The Kier molecular flexibility index (Phi) is 4.77. The lowest BCUT2D eigenvalue weighted by molar-refractivity contribution is 1.21. The molecule has 0 saturated heterocycles. The quantitative estimate of drug-likeness (QED) is 0.599. The Labute approximate surface area is 87.0 Å². The molecule has 0 heterocycles. The van der Waals surface area contributed by atoms with Gasteiger partial charge in [0.25, 0.3) is 0 Å². The number of hydrogen-bond donors (Lipinski definition) is 0. The minimum Gasteiger partial charge on any atom is -0.0985 e. The molecular weight excluding hydrogens is 168 g/mol. The Morgan fingerprint density at radius 2 is 1.86 bits per heavy atom. The minimum atomic E-state index is 1.17. The fourth-order valence-corrected chi connectivity index (χ4v) is 1.15. The van der Waals surface area contributed by atoms with Crippen LogP contribution in [-0.4, -0.2) is 0 Å². The maximum absolute atomic E-state index is 3.63. The first-order valence-electron chi connectivity index (χ1n) is 5.22. The summed E-state index contributed by atoms with van der Waals surface area (Å²) in [7, 11) is 0. The van der Waals surface area contributed by atoms with Crippen molar-refractivity contribution in [2.75, 3.05) is 0 Å². The average Bonchev–Trinajstić information content (AvgIpc) is 3.05. The first-order chi connectivity index (χ1) is 6.86. The zero-order valence-corrected chi connectivity index (χ0v) is 8.87. The molecule has 0 radical (unpaired) electrons. The van der Waals surface area contributed by atoms with E-state index in [9.17, 15) is 0 Å². The molecule has 1 aromatic rings. The molecule has 1 saturated carbocycles. The third-order valence-electron chi connectivity index (χ3n) is 2.07. The molecule has 74 valence electrons. The van der Waals surface area contributed by atoms with Crippen molar-refractivity contribution in [3.05, 3.63) is 54.1 Å². The van der Waals surface area contributed by atoms with Crippen molar-refractivity contribution < 1.29 is 0 Å². The molecule has 1 aromatic carbocycles. The number of rotatable bonds is 2. The van der Waals surface area contributed by atoms with Crippen LogP contribution in [0.15, 0.2) is 48.6 Å². The van der Waals surface area contributed by atoms with E-state index in [-0.39, 0.29) is 0 Å². The molecule has 0 aliphatic heterocycles. The molecule has 2 rings (SSSR count). The van der Waals surface area contributed by atoms with Crippen LogP contribution in [0.1, 0.15) is 31.7 Å². The van der Waals surface area contributed by atoms with Gasteiger partial charge in [-0.1, -0.05) is 61.6 Å². The molecule has 0 amide bonds. The van der Waals surface area contributed by atoms with Crippen molar-refractivity contribution in [2.24, 2.45) is 0 Å². The molecule has 0 unspecified atom stereocenters. The fourth-order valence-electron chi connectivity index (χ4n) is 1.15. The molecule has 14 heavy (non-hydrogen) atoms. The van der Waals surface area contributed by atoms with Crippen LogP contribution in [0.5, 0.6) is 0 Å². The summed E-state index contributed by atoms with van der Waals surface area (Å²) in [6.45, 7) is 5.82. The predicted octanol–water partition coefficient (Wildman–Crippen LogP) is 4.45. The third kappa shape index (κ3) is 4.66. The number of allylic oxidation sites excluding steroid dienone is 2. The molecule has 1 fully saturated rings. The Bertz CT molecular complexity index is 287. The van der Waals surface area contributed by atoms with Crippen LogP contribution in [0.3, 0.4) is 0 Å². The van der Waals surface area contributed by atoms with E-state index in [4.69, 9.17) is 0 Å². The molecule has 0 aromatic heterocycles. The van der Waals surface area contributed by atoms with Crippen molar-refractivity contribution in [1.29, 1.82) is 0 Å². The zero-order valence-electron chi connectivity index (χ0n) is 8.87. The van der Waals surface area contributed by atoms with Gasteiger partial charge < -0.3 is 0 Å². The van der Waals surface area contributed by atoms with E-state index < -0.39 is 0 Å². The van der Waals surface area contributed by atoms with Crippen molar-refractivity contribution in [3.63, 3.8) is 0 Å². The summed E-state index contributed by atoms with van der Waals surface area (Å²) in [4.78, 5) is 0. The standard InChI is InChI=1S/C8H8.C6H10/c1-2-8-6-4-3-5-7-8;1-2-3-6-4-5-6/h2-7H,1H2;3H,2,4-5H2,1H3. The van der Waals surface area contributed by atoms with Gasteiger partial charge in [0, 0.05) is 0 Å². The minimum absolute atomic E-state index is 1.17. The van der Waals surface area contributed by atoms with Crippen LogP contribution in [0, 0.1) is 0 Å². The topological polar surface area (TPSA) is 0 Å². The molecule has 0 spiro atoms. The Hall–Kier alpha value is -1.30. The molecule has 0 nitrogen and oxygen atoms in total. The van der Waals surface area contributed by atoms with Gasteiger partial charge in [0.1, 0.15) is 0 Å². The lowest BCUT2D eigenvalue weighted by Gasteiger charge is -1.85. The molecule has 1 aliphatic rings. The van der Waals surface area contributed by atoms with Gasteiger partial charge in [-0.05, 0) is 24.8 Å². The zero-order chi connectivity index (χ0) is 10.2. The van der Waals surface area contributed by atoms with Gasteiger partial charge >= 0.3 is 0 Å². The molecule has 0 N–H and O–H groups in total. The smallest absolute Gasteiger partial charge is 0.0263 e. The van der Waals surface area contributed by atoms with E-state index in [1.165, 1.54) is 24.8 Å². The van der Waals surface area contributed by atoms with E-state index in [1.807, 2.05) is 36.4 Å². The second kappa shape index (κ2) is 6.20. The van der Waals surface area contributed by atoms with Gasteiger partial charge in [-0.3, -0.25) is 0 Å². The summed E-state index contributed by atoms with van der Waals surface area (Å²) in [6.07, 6.45) is 8.15. The maximum Gasteiger partial charge on any atom is -0.0263 e. The van der Waals surface area contributed by atoms with Crippen molar-refractivity contribution >= 4 is 6.08 Å². The van der Waals surface area contributed by atoms with Crippen molar-refractivity contribution in [2.45, 2.75) is 26.2 Å². The van der Waals surface area contributed by atoms with Gasteiger partial charge in [-0.15, -0.1) is 0 Å². The lowest BCUT2D eigenvalue weighted by atomic mass is 10.2. The van der Waals surface area contributed by atoms with Gasteiger partial charge in [0.2, 0.25) is 0 Å². The Balaban J connectivity index is 0.000000146. The summed E-state index contributed by atoms with van der Waals surface area (Å²) in [6, 6.07) is 10.0. The van der Waals surface area contributed by atoms with E-state index in [1.54, 1.807) is 5.57 Å². The Morgan fingerprint density at radius 3 is 2.14 bits per heavy atom. The maximum atomic E-state index is 3.63. The van der Waals surface area contributed by atoms with Crippen LogP contribution in [0.25, 0.3) is 6.08 Å². The van der Waals surface area contributed by atoms with E-state index in [2.05, 4.69) is 19.6 Å². The predicted molar refractivity (Wildman–Crippen MR) is 64.1 cm³/mol. The summed E-state index contributed by atoms with van der Waals surface area (Å²) < 4.78 is 0. The highest BCUT2D eigenvalue weighted by atomic mass is 14.1. The molecular formula is C14H18. The van der Waals surface area contributed by atoms with Crippen LogP contribution < -0.4 is 0 Å². The summed E-state index contributed by atoms with van der Waals surface area (Å²) in [5.41, 5.74) is 2.84.